The van der Waals surface area contributed by atoms with Crippen LogP contribution in [0.5, 0.6) is 0 Å². The first-order chi connectivity index (χ1) is 15.9. The van der Waals surface area contributed by atoms with Crippen LogP contribution in [0, 0.1) is 5.82 Å². The number of rotatable bonds is 3. The minimum Gasteiger partial charge on any atom is -0.324 e. The lowest BCUT2D eigenvalue weighted by Gasteiger charge is -2.25. The monoisotopic (exact) mass is 443 g/mol. The number of halogens is 1. The van der Waals surface area contributed by atoms with Gasteiger partial charge in [0.1, 0.15) is 5.82 Å². The molecule has 1 atom stereocenters. The maximum atomic E-state index is 14.7. The lowest BCUT2D eigenvalue weighted by atomic mass is 9.99. The highest BCUT2D eigenvalue weighted by Gasteiger charge is 2.32. The molecule has 0 saturated heterocycles. The van der Waals surface area contributed by atoms with Crippen LogP contribution in [-0.2, 0) is 24.9 Å². The van der Waals surface area contributed by atoms with Crippen molar-refractivity contribution in [3.05, 3.63) is 70.9 Å². The Kier molecular flexibility index (Phi) is 4.50. The van der Waals surface area contributed by atoms with Crippen molar-refractivity contribution >= 4 is 22.7 Å². The van der Waals surface area contributed by atoms with E-state index in [4.69, 9.17) is 10.7 Å². The largest absolute Gasteiger partial charge is 0.324 e. The summed E-state index contributed by atoms with van der Waals surface area (Å²) in [5, 5.41) is 3.64. The molecule has 33 heavy (non-hydrogen) atoms. The van der Waals surface area contributed by atoms with Gasteiger partial charge in [-0.15, -0.1) is 0 Å². The third kappa shape index (κ3) is 3.46. The van der Waals surface area contributed by atoms with E-state index in [2.05, 4.69) is 39.4 Å². The van der Waals surface area contributed by atoms with Crippen molar-refractivity contribution in [2.45, 2.75) is 38.3 Å². The van der Waals surface area contributed by atoms with Gasteiger partial charge in [-0.1, -0.05) is 12.1 Å². The molecule has 7 nitrogen and oxygen atoms in total. The summed E-state index contributed by atoms with van der Waals surface area (Å²) < 4.78 is 16.4. The highest BCUT2D eigenvalue weighted by Crippen LogP contribution is 2.34. The number of nitrogens with one attached hydrogen (secondary N) is 1. The molecule has 4 heterocycles. The van der Waals surface area contributed by atoms with E-state index in [9.17, 15) is 4.39 Å². The molecule has 0 amide bonds. The van der Waals surface area contributed by atoms with Gasteiger partial charge in [-0.2, -0.15) is 4.98 Å². The number of fused-ring (bicyclic) bond motifs is 3. The van der Waals surface area contributed by atoms with Gasteiger partial charge in [0, 0.05) is 31.2 Å². The Hall–Kier alpha value is -3.36. The van der Waals surface area contributed by atoms with E-state index in [1.54, 1.807) is 4.57 Å². The summed E-state index contributed by atoms with van der Waals surface area (Å²) in [6.45, 7) is 3.98. The average Bonchev–Trinajstić information content (AvgIpc) is 3.29. The van der Waals surface area contributed by atoms with Crippen molar-refractivity contribution in [3.63, 3.8) is 0 Å². The van der Waals surface area contributed by atoms with Gasteiger partial charge in [0.25, 0.3) is 0 Å². The van der Waals surface area contributed by atoms with Crippen molar-refractivity contribution in [1.29, 1.82) is 0 Å². The first-order valence-electron chi connectivity index (χ1n) is 11.3. The third-order valence-electron chi connectivity index (χ3n) is 6.83. The predicted octanol–water partition coefficient (Wildman–Crippen LogP) is 3.81. The van der Waals surface area contributed by atoms with Crippen molar-refractivity contribution in [2.75, 3.05) is 18.9 Å². The van der Waals surface area contributed by atoms with E-state index in [0.29, 0.717) is 22.8 Å². The summed E-state index contributed by atoms with van der Waals surface area (Å²) in [5.74, 6) is 0.629. The summed E-state index contributed by atoms with van der Waals surface area (Å²) in [5.41, 5.74) is 12.0. The number of anilines is 2. The van der Waals surface area contributed by atoms with E-state index in [1.807, 2.05) is 25.1 Å². The molecule has 0 fully saturated rings. The molecule has 168 valence electrons. The van der Waals surface area contributed by atoms with Gasteiger partial charge in [-0.25, -0.2) is 14.4 Å². The molecule has 8 heteroatoms. The number of aromatic nitrogens is 4. The molecule has 1 aliphatic heterocycles. The van der Waals surface area contributed by atoms with Gasteiger partial charge in [-0.3, -0.25) is 4.57 Å². The number of nitrogens with zero attached hydrogens (tertiary/aromatic N) is 5. The Morgan fingerprint density at radius 3 is 2.82 bits per heavy atom. The lowest BCUT2D eigenvalue weighted by molar-refractivity contribution is 0.313. The maximum absolute atomic E-state index is 14.7. The number of benzene rings is 1. The van der Waals surface area contributed by atoms with Gasteiger partial charge >= 0.3 is 0 Å². The first kappa shape index (κ1) is 20.3. The smallest absolute Gasteiger partial charge is 0.229 e. The molecule has 3 N–H and O–H groups in total. The van der Waals surface area contributed by atoms with Crippen molar-refractivity contribution in [3.8, 4) is 5.82 Å². The maximum Gasteiger partial charge on any atom is 0.229 e. The number of hydrogen-bond donors (Lipinski definition) is 2. The molecule has 0 saturated carbocycles. The molecule has 0 spiro atoms. The SMILES string of the molecule is CN1CCc2ccc(Nc3ncc4c(F)cn(-c5ccc6c(n5)[C@](C)(N)CC6)c4n3)cc2C1. The fourth-order valence-corrected chi connectivity index (χ4v) is 4.93. The molecule has 0 unspecified atom stereocenters. The van der Waals surface area contributed by atoms with Crippen LogP contribution in [-0.4, -0.2) is 38.0 Å². The van der Waals surface area contributed by atoms with Gasteiger partial charge in [0.2, 0.25) is 5.95 Å². The van der Waals surface area contributed by atoms with Gasteiger partial charge in [0.15, 0.2) is 11.5 Å². The number of aryl methyl sites for hydroxylation is 1. The summed E-state index contributed by atoms with van der Waals surface area (Å²) in [6, 6.07) is 10.3. The molecule has 3 aromatic heterocycles. The van der Waals surface area contributed by atoms with Gasteiger partial charge in [0.05, 0.1) is 16.6 Å². The molecule has 4 aromatic rings. The van der Waals surface area contributed by atoms with Crippen LogP contribution in [0.25, 0.3) is 16.9 Å². The Balaban J connectivity index is 1.38. The highest BCUT2D eigenvalue weighted by molar-refractivity contribution is 5.79. The van der Waals surface area contributed by atoms with E-state index in [1.165, 1.54) is 23.5 Å². The van der Waals surface area contributed by atoms with Crippen LogP contribution < -0.4 is 11.1 Å². The van der Waals surface area contributed by atoms with Crippen LogP contribution in [0.2, 0.25) is 0 Å². The molecule has 0 bridgehead atoms. The van der Waals surface area contributed by atoms with Crippen molar-refractivity contribution in [1.82, 2.24) is 24.4 Å². The zero-order chi connectivity index (χ0) is 22.7. The van der Waals surface area contributed by atoms with Crippen LogP contribution in [0.4, 0.5) is 16.0 Å². The van der Waals surface area contributed by atoms with Crippen LogP contribution in [0.3, 0.4) is 0 Å². The second kappa shape index (κ2) is 7.33. The zero-order valence-electron chi connectivity index (χ0n) is 18.8. The summed E-state index contributed by atoms with van der Waals surface area (Å²) in [4.78, 5) is 16.1. The number of nitrogens with two attached hydrogens (primary N) is 1. The van der Waals surface area contributed by atoms with Crippen LogP contribution in [0.1, 0.15) is 35.7 Å². The van der Waals surface area contributed by atoms with Crippen molar-refractivity contribution < 1.29 is 4.39 Å². The molecular weight excluding hydrogens is 417 g/mol. The molecule has 1 aliphatic carbocycles. The summed E-state index contributed by atoms with van der Waals surface area (Å²) >= 11 is 0. The van der Waals surface area contributed by atoms with Gasteiger partial charge < -0.3 is 16.0 Å². The zero-order valence-corrected chi connectivity index (χ0v) is 18.8. The normalized spacial score (nSPS) is 20.1. The van der Waals surface area contributed by atoms with E-state index >= 15 is 0 Å². The highest BCUT2D eigenvalue weighted by atomic mass is 19.1. The fourth-order valence-electron chi connectivity index (χ4n) is 4.93. The fraction of sp³-hybridized carbons (Fsp3) is 0.320. The van der Waals surface area contributed by atoms with Gasteiger partial charge in [-0.05, 0) is 68.1 Å². The Labute approximate surface area is 191 Å². The Morgan fingerprint density at radius 2 is 1.94 bits per heavy atom. The second-order valence-electron chi connectivity index (χ2n) is 9.47. The van der Waals surface area contributed by atoms with E-state index in [0.717, 1.165) is 49.3 Å². The Bertz CT molecular complexity index is 1390. The molecule has 1 aromatic carbocycles. The minimum atomic E-state index is -0.477. The molecule has 2 aliphatic rings. The van der Waals surface area contributed by atoms with Crippen LogP contribution >= 0.6 is 0 Å². The third-order valence-corrected chi connectivity index (χ3v) is 6.83. The average molecular weight is 444 g/mol. The lowest BCUT2D eigenvalue weighted by Crippen LogP contribution is -2.31. The summed E-state index contributed by atoms with van der Waals surface area (Å²) in [6.07, 6.45) is 5.74. The topological polar surface area (TPSA) is 84.9 Å². The quantitative estimate of drug-likeness (QED) is 0.501. The molecule has 0 radical (unpaired) electrons. The van der Waals surface area contributed by atoms with E-state index in [-0.39, 0.29) is 5.82 Å². The second-order valence-corrected chi connectivity index (χ2v) is 9.47. The number of pyridine rings is 1. The minimum absolute atomic E-state index is 0.352. The molecule has 6 rings (SSSR count). The summed E-state index contributed by atoms with van der Waals surface area (Å²) in [7, 11) is 2.13. The van der Waals surface area contributed by atoms with E-state index < -0.39 is 5.54 Å². The Morgan fingerprint density at radius 1 is 1.09 bits per heavy atom. The first-order valence-corrected chi connectivity index (χ1v) is 11.3. The molecular formula is C25H26FN7. The van der Waals surface area contributed by atoms with Crippen molar-refractivity contribution in [2.24, 2.45) is 5.73 Å². The van der Waals surface area contributed by atoms with Crippen LogP contribution in [0.15, 0.2) is 42.7 Å². The number of likely N-dealkylation sites (N-methyl/N-ethyl adjacent to an activating group) is 1. The standard InChI is InChI=1S/C25H26FN7/c1-25(27)9-7-16-4-6-21(30-22(16)25)33-14-20(26)19-12-28-24(31-23(19)33)29-18-5-3-15-8-10-32(2)13-17(15)11-18/h3-6,11-12,14H,7-10,13,27H2,1-2H3,(H,28,29,31)/t25-/m1/s1. The number of hydrogen-bond acceptors (Lipinski definition) is 6. The predicted molar refractivity (Wildman–Crippen MR) is 126 cm³/mol.